The van der Waals surface area contributed by atoms with Crippen LogP contribution in [0.4, 0.5) is 0 Å². The zero-order valence-corrected chi connectivity index (χ0v) is 17.0. The minimum atomic E-state index is -0.634. The molecule has 1 N–H and O–H groups in total. The van der Waals surface area contributed by atoms with Crippen LogP contribution in [-0.2, 0) is 14.3 Å². The summed E-state index contributed by atoms with van der Waals surface area (Å²) in [5.41, 5.74) is 3.52. The van der Waals surface area contributed by atoms with E-state index in [1.165, 1.54) is 23.6 Å². The van der Waals surface area contributed by atoms with Crippen LogP contribution in [0.25, 0.3) is 0 Å². The van der Waals surface area contributed by atoms with Crippen molar-refractivity contribution in [3.63, 3.8) is 0 Å². The number of fused-ring (bicyclic) bond motifs is 1. The molecule has 2 aliphatic rings. The predicted octanol–water partition coefficient (Wildman–Crippen LogP) is 5.28. The molecule has 0 aromatic heterocycles. The fourth-order valence-corrected chi connectivity index (χ4v) is 5.35. The van der Waals surface area contributed by atoms with Gasteiger partial charge in [-0.2, -0.15) is 0 Å². The maximum absolute atomic E-state index is 12.0. The van der Waals surface area contributed by atoms with Gasteiger partial charge in [-0.25, -0.2) is 0 Å². The molecule has 0 spiro atoms. The van der Waals surface area contributed by atoms with Gasteiger partial charge in [0.2, 0.25) is 0 Å². The number of carbonyl (C=O) groups is 2. The lowest BCUT2D eigenvalue weighted by molar-refractivity contribution is -0.159. The Bertz CT molecular complexity index is 630. The maximum Gasteiger partial charge on any atom is 0.309 e. The Morgan fingerprint density at radius 2 is 1.96 bits per heavy atom. The summed E-state index contributed by atoms with van der Waals surface area (Å²) in [5, 5.41) is 9.90. The van der Waals surface area contributed by atoms with Gasteiger partial charge < -0.3 is 9.84 Å². The zero-order chi connectivity index (χ0) is 19.5. The van der Waals surface area contributed by atoms with Crippen LogP contribution in [0.2, 0.25) is 0 Å². The minimum absolute atomic E-state index is 0.0100. The Balaban J connectivity index is 2.17. The molecule has 0 aromatic rings. The molecule has 0 aromatic carbocycles. The van der Waals surface area contributed by atoms with Crippen LogP contribution in [-0.4, -0.2) is 23.7 Å². The molecule has 0 saturated heterocycles. The van der Waals surface area contributed by atoms with Crippen molar-refractivity contribution >= 4 is 11.9 Å². The first-order valence-electron chi connectivity index (χ1n) is 9.82. The normalized spacial score (nSPS) is 32.2. The molecule has 0 aliphatic heterocycles. The topological polar surface area (TPSA) is 63.6 Å². The van der Waals surface area contributed by atoms with Gasteiger partial charge in [0.1, 0.15) is 6.61 Å². The van der Waals surface area contributed by atoms with Crippen LogP contribution in [0, 0.1) is 16.7 Å². The van der Waals surface area contributed by atoms with E-state index in [-0.39, 0.29) is 17.3 Å². The predicted molar refractivity (Wildman–Crippen MR) is 103 cm³/mol. The van der Waals surface area contributed by atoms with Crippen LogP contribution < -0.4 is 0 Å². The Hall–Kier alpha value is -1.58. The van der Waals surface area contributed by atoms with E-state index in [2.05, 4.69) is 20.8 Å². The van der Waals surface area contributed by atoms with Gasteiger partial charge in [-0.3, -0.25) is 9.59 Å². The summed E-state index contributed by atoms with van der Waals surface area (Å²) in [4.78, 5) is 22.9. The standard InChI is InChI=1S/C22H34O4/c1-15(11-14-26-17(3)23)7-9-18-16(2)8-10-19-21(18,4)12-6-13-22(19,5)20(24)25/h11,19H,6-10,12-14H2,1-5H3,(H,24,25)/b15-11+/t19-,21-,22+/m1/s1. The second-order valence-electron chi connectivity index (χ2n) is 8.70. The van der Waals surface area contributed by atoms with Gasteiger partial charge in [0.15, 0.2) is 0 Å². The third kappa shape index (κ3) is 4.05. The molecule has 0 bridgehead atoms. The third-order valence-electron chi connectivity index (χ3n) is 6.92. The van der Waals surface area contributed by atoms with E-state index in [0.29, 0.717) is 6.61 Å². The number of ether oxygens (including phenoxy) is 1. The summed E-state index contributed by atoms with van der Waals surface area (Å²) in [5.74, 6) is -0.680. The summed E-state index contributed by atoms with van der Waals surface area (Å²) < 4.78 is 4.99. The van der Waals surface area contributed by atoms with Crippen molar-refractivity contribution in [2.75, 3.05) is 6.61 Å². The van der Waals surface area contributed by atoms with Crippen molar-refractivity contribution in [1.82, 2.24) is 0 Å². The molecule has 0 heterocycles. The number of esters is 1. The average Bonchev–Trinajstić information content (AvgIpc) is 2.53. The zero-order valence-electron chi connectivity index (χ0n) is 17.0. The van der Waals surface area contributed by atoms with Crippen LogP contribution in [0.1, 0.15) is 79.6 Å². The first kappa shape index (κ1) is 20.7. The molecule has 1 fully saturated rings. The van der Waals surface area contributed by atoms with Crippen molar-refractivity contribution < 1.29 is 19.4 Å². The average molecular weight is 363 g/mol. The molecule has 4 heteroatoms. The van der Waals surface area contributed by atoms with Gasteiger partial charge >= 0.3 is 11.9 Å². The second-order valence-corrected chi connectivity index (χ2v) is 8.70. The van der Waals surface area contributed by atoms with Crippen molar-refractivity contribution in [2.24, 2.45) is 16.7 Å². The smallest absolute Gasteiger partial charge is 0.309 e. The summed E-state index contributed by atoms with van der Waals surface area (Å²) in [7, 11) is 0. The molecule has 146 valence electrons. The highest BCUT2D eigenvalue weighted by Crippen LogP contribution is 2.60. The van der Waals surface area contributed by atoms with Crippen LogP contribution in [0.3, 0.4) is 0 Å². The summed E-state index contributed by atoms with van der Waals surface area (Å²) >= 11 is 0. The third-order valence-corrected chi connectivity index (χ3v) is 6.92. The fourth-order valence-electron chi connectivity index (χ4n) is 5.35. The Morgan fingerprint density at radius 1 is 1.27 bits per heavy atom. The fraction of sp³-hybridized carbons (Fsp3) is 0.727. The number of allylic oxidation sites excluding steroid dienone is 3. The van der Waals surface area contributed by atoms with E-state index in [4.69, 9.17) is 4.74 Å². The maximum atomic E-state index is 12.0. The van der Waals surface area contributed by atoms with Gasteiger partial charge in [0.25, 0.3) is 0 Å². The monoisotopic (exact) mass is 362 g/mol. The highest BCUT2D eigenvalue weighted by atomic mass is 16.5. The number of rotatable bonds is 6. The number of aliphatic carboxylic acids is 1. The van der Waals surface area contributed by atoms with E-state index in [1.807, 2.05) is 13.0 Å². The second kappa shape index (κ2) is 7.98. The highest BCUT2D eigenvalue weighted by Gasteiger charge is 2.55. The largest absolute Gasteiger partial charge is 0.481 e. The molecule has 4 nitrogen and oxygen atoms in total. The number of carboxylic acids is 1. The van der Waals surface area contributed by atoms with E-state index in [0.717, 1.165) is 44.9 Å². The molecule has 2 rings (SSSR count). The van der Waals surface area contributed by atoms with Crippen molar-refractivity contribution in [3.05, 3.63) is 22.8 Å². The summed E-state index contributed by atoms with van der Waals surface area (Å²) in [6.07, 6.45) is 8.72. The molecule has 26 heavy (non-hydrogen) atoms. The van der Waals surface area contributed by atoms with E-state index in [1.54, 1.807) is 0 Å². The molecule has 0 radical (unpaired) electrons. The number of carbonyl (C=O) groups excluding carboxylic acids is 1. The van der Waals surface area contributed by atoms with Gasteiger partial charge in [0.05, 0.1) is 5.41 Å². The van der Waals surface area contributed by atoms with Crippen LogP contribution >= 0.6 is 0 Å². The molecular weight excluding hydrogens is 328 g/mol. The number of hydrogen-bond acceptors (Lipinski definition) is 3. The van der Waals surface area contributed by atoms with Crippen molar-refractivity contribution in [2.45, 2.75) is 79.6 Å². The van der Waals surface area contributed by atoms with Gasteiger partial charge in [-0.05, 0) is 76.7 Å². The molecule has 1 saturated carbocycles. The number of carboxylic acid groups (broad SMARTS) is 1. The SMILES string of the molecule is CC(=O)OC/C=C(\C)CCC1=C(C)CC[C@H]2[C@@](C)(C(=O)O)CCC[C@]12C. The minimum Gasteiger partial charge on any atom is -0.481 e. The first-order chi connectivity index (χ1) is 12.1. The summed E-state index contributed by atoms with van der Waals surface area (Å²) in [6, 6.07) is 0. The molecule has 0 unspecified atom stereocenters. The number of hydrogen-bond donors (Lipinski definition) is 1. The molecule has 3 atom stereocenters. The Labute approximate surface area is 157 Å². The summed E-state index contributed by atoms with van der Waals surface area (Å²) in [6.45, 7) is 10.3. The molecule has 0 amide bonds. The lowest BCUT2D eigenvalue weighted by Gasteiger charge is -2.54. The van der Waals surface area contributed by atoms with Crippen LogP contribution in [0.15, 0.2) is 22.8 Å². The van der Waals surface area contributed by atoms with E-state index >= 15 is 0 Å². The highest BCUT2D eigenvalue weighted by molar-refractivity contribution is 5.75. The quantitative estimate of drug-likeness (QED) is 0.515. The van der Waals surface area contributed by atoms with E-state index < -0.39 is 11.4 Å². The lowest BCUT2D eigenvalue weighted by atomic mass is 9.49. The van der Waals surface area contributed by atoms with Crippen LogP contribution in [0.5, 0.6) is 0 Å². The van der Waals surface area contributed by atoms with Crippen molar-refractivity contribution in [1.29, 1.82) is 0 Å². The van der Waals surface area contributed by atoms with Crippen molar-refractivity contribution in [3.8, 4) is 0 Å². The van der Waals surface area contributed by atoms with Gasteiger partial charge in [-0.15, -0.1) is 0 Å². The van der Waals surface area contributed by atoms with E-state index in [9.17, 15) is 14.7 Å². The lowest BCUT2D eigenvalue weighted by Crippen LogP contribution is -2.50. The molecular formula is C22H34O4. The molecule has 2 aliphatic carbocycles. The first-order valence-corrected chi connectivity index (χ1v) is 9.82. The van der Waals surface area contributed by atoms with Gasteiger partial charge in [-0.1, -0.05) is 30.1 Å². The Kier molecular flexibility index (Phi) is 6.36. The Morgan fingerprint density at radius 3 is 2.58 bits per heavy atom. The van der Waals surface area contributed by atoms with Gasteiger partial charge in [0, 0.05) is 6.92 Å².